The highest BCUT2D eigenvalue weighted by atomic mass is 16.5. The second kappa shape index (κ2) is 6.17. The van der Waals surface area contributed by atoms with Gasteiger partial charge >= 0.3 is 0 Å². The summed E-state index contributed by atoms with van der Waals surface area (Å²) in [6, 6.07) is 1.29. The summed E-state index contributed by atoms with van der Waals surface area (Å²) in [4.78, 5) is 2.68. The molecule has 0 saturated carbocycles. The van der Waals surface area contributed by atoms with Gasteiger partial charge < -0.3 is 10.5 Å². The maximum absolute atomic E-state index is 6.05. The summed E-state index contributed by atoms with van der Waals surface area (Å²) >= 11 is 0. The smallest absolute Gasteiger partial charge is 0.0509 e. The first kappa shape index (κ1) is 13.3. The van der Waals surface area contributed by atoms with E-state index in [1.165, 1.54) is 32.2 Å². The van der Waals surface area contributed by atoms with Crippen LogP contribution in [0.25, 0.3) is 0 Å². The molecular formula is C14H28N2O. The number of hydrogen-bond donors (Lipinski definition) is 1. The lowest BCUT2D eigenvalue weighted by Gasteiger charge is -2.40. The monoisotopic (exact) mass is 240 g/mol. The number of rotatable bonds is 4. The third-order valence-corrected chi connectivity index (χ3v) is 4.52. The maximum Gasteiger partial charge on any atom is 0.0509 e. The third kappa shape index (κ3) is 3.01. The van der Waals surface area contributed by atoms with Crippen molar-refractivity contribution in [2.45, 2.75) is 51.6 Å². The Morgan fingerprint density at radius 2 is 2.12 bits per heavy atom. The first-order valence-electron chi connectivity index (χ1n) is 7.27. The second-order valence-corrected chi connectivity index (χ2v) is 5.97. The highest BCUT2D eigenvalue weighted by Crippen LogP contribution is 2.30. The van der Waals surface area contributed by atoms with Crippen molar-refractivity contribution in [2.75, 3.05) is 26.3 Å². The normalized spacial score (nSPS) is 33.2. The van der Waals surface area contributed by atoms with Crippen molar-refractivity contribution < 1.29 is 4.74 Å². The van der Waals surface area contributed by atoms with Crippen LogP contribution in [0, 0.1) is 11.8 Å². The second-order valence-electron chi connectivity index (χ2n) is 5.97. The van der Waals surface area contributed by atoms with Gasteiger partial charge in [-0.05, 0) is 44.1 Å². The Kier molecular flexibility index (Phi) is 4.83. The molecule has 2 heterocycles. The van der Waals surface area contributed by atoms with E-state index in [1.807, 2.05) is 0 Å². The number of hydrogen-bond acceptors (Lipinski definition) is 3. The molecule has 2 aliphatic rings. The molecule has 2 aliphatic heterocycles. The van der Waals surface area contributed by atoms with Gasteiger partial charge in [-0.25, -0.2) is 0 Å². The minimum atomic E-state index is 0.546. The molecule has 0 aromatic heterocycles. The number of nitrogens with zero attached hydrogens (tertiary/aromatic N) is 1. The van der Waals surface area contributed by atoms with Crippen molar-refractivity contribution >= 4 is 0 Å². The molecule has 3 atom stereocenters. The van der Waals surface area contributed by atoms with Crippen LogP contribution in [0.4, 0.5) is 0 Å². The van der Waals surface area contributed by atoms with Gasteiger partial charge in [0, 0.05) is 25.2 Å². The average molecular weight is 240 g/mol. The number of nitrogens with two attached hydrogens (primary N) is 1. The lowest BCUT2D eigenvalue weighted by Crippen LogP contribution is -2.51. The molecule has 2 fully saturated rings. The quantitative estimate of drug-likeness (QED) is 0.815. The Morgan fingerprint density at radius 1 is 1.29 bits per heavy atom. The van der Waals surface area contributed by atoms with E-state index in [0.29, 0.717) is 12.0 Å². The zero-order valence-electron chi connectivity index (χ0n) is 11.4. The number of likely N-dealkylation sites (tertiary alicyclic amines) is 1. The molecule has 3 heteroatoms. The van der Waals surface area contributed by atoms with E-state index in [0.717, 1.165) is 31.7 Å². The summed E-state index contributed by atoms with van der Waals surface area (Å²) in [5.74, 6) is 1.41. The van der Waals surface area contributed by atoms with Gasteiger partial charge in [0.1, 0.15) is 0 Å². The molecule has 0 bridgehead atoms. The maximum atomic E-state index is 6.05. The fourth-order valence-electron chi connectivity index (χ4n) is 3.61. The summed E-state index contributed by atoms with van der Waals surface area (Å²) in [6.07, 6.45) is 5.19. The Hall–Kier alpha value is -0.120. The van der Waals surface area contributed by atoms with Gasteiger partial charge in [-0.15, -0.1) is 0 Å². The molecule has 2 rings (SSSR count). The van der Waals surface area contributed by atoms with Crippen LogP contribution in [-0.2, 0) is 4.74 Å². The minimum absolute atomic E-state index is 0.546. The molecule has 2 saturated heterocycles. The zero-order valence-corrected chi connectivity index (χ0v) is 11.4. The largest absolute Gasteiger partial charge is 0.381 e. The van der Waals surface area contributed by atoms with E-state index in [1.54, 1.807) is 0 Å². The molecule has 2 N–H and O–H groups in total. The van der Waals surface area contributed by atoms with Gasteiger partial charge in [0.2, 0.25) is 0 Å². The Morgan fingerprint density at radius 3 is 2.71 bits per heavy atom. The van der Waals surface area contributed by atoms with E-state index in [9.17, 15) is 0 Å². The van der Waals surface area contributed by atoms with E-state index in [-0.39, 0.29) is 0 Å². The molecule has 3 nitrogen and oxygen atoms in total. The van der Waals surface area contributed by atoms with Gasteiger partial charge in [0.15, 0.2) is 0 Å². The minimum Gasteiger partial charge on any atom is -0.381 e. The molecular weight excluding hydrogens is 212 g/mol. The van der Waals surface area contributed by atoms with Crippen LogP contribution in [0.2, 0.25) is 0 Å². The van der Waals surface area contributed by atoms with Crippen LogP contribution in [0.5, 0.6) is 0 Å². The van der Waals surface area contributed by atoms with Gasteiger partial charge in [-0.3, -0.25) is 4.90 Å². The summed E-state index contributed by atoms with van der Waals surface area (Å²) in [6.45, 7) is 8.57. The molecule has 100 valence electrons. The van der Waals surface area contributed by atoms with E-state index in [4.69, 9.17) is 10.5 Å². The van der Waals surface area contributed by atoms with Crippen LogP contribution in [-0.4, -0.2) is 43.3 Å². The van der Waals surface area contributed by atoms with Gasteiger partial charge in [0.25, 0.3) is 0 Å². The fourth-order valence-corrected chi connectivity index (χ4v) is 3.61. The standard InChI is InChI=1S/C14H28N2O/c1-11(2)13-6-3-7-16(13)14(9-15)12-5-4-8-17-10-12/h11-14H,3-10,15H2,1-2H3. The Balaban J connectivity index is 2.00. The van der Waals surface area contributed by atoms with Gasteiger partial charge in [0.05, 0.1) is 6.61 Å². The van der Waals surface area contributed by atoms with Crippen molar-refractivity contribution in [2.24, 2.45) is 17.6 Å². The van der Waals surface area contributed by atoms with Crippen molar-refractivity contribution in [3.8, 4) is 0 Å². The van der Waals surface area contributed by atoms with Crippen molar-refractivity contribution in [3.05, 3.63) is 0 Å². The fraction of sp³-hybridized carbons (Fsp3) is 1.00. The molecule has 0 amide bonds. The number of ether oxygens (including phenoxy) is 1. The zero-order chi connectivity index (χ0) is 12.3. The summed E-state index contributed by atoms with van der Waals surface area (Å²) in [5.41, 5.74) is 6.05. The first-order valence-corrected chi connectivity index (χ1v) is 7.27. The van der Waals surface area contributed by atoms with Crippen LogP contribution in [0.15, 0.2) is 0 Å². The molecule has 0 radical (unpaired) electrons. The molecule has 0 aliphatic carbocycles. The van der Waals surface area contributed by atoms with Crippen LogP contribution < -0.4 is 5.73 Å². The third-order valence-electron chi connectivity index (χ3n) is 4.52. The SMILES string of the molecule is CC(C)C1CCCN1C(CN)C1CCCOC1. The van der Waals surface area contributed by atoms with Crippen molar-refractivity contribution in [1.82, 2.24) is 4.90 Å². The van der Waals surface area contributed by atoms with E-state index in [2.05, 4.69) is 18.7 Å². The summed E-state index contributed by atoms with van der Waals surface area (Å²) in [5, 5.41) is 0. The first-order chi connectivity index (χ1) is 8.24. The van der Waals surface area contributed by atoms with Crippen LogP contribution in [0.3, 0.4) is 0 Å². The van der Waals surface area contributed by atoms with Crippen molar-refractivity contribution in [1.29, 1.82) is 0 Å². The predicted octanol–water partition coefficient (Wildman–Crippen LogP) is 1.86. The van der Waals surface area contributed by atoms with Gasteiger partial charge in [-0.2, -0.15) is 0 Å². The average Bonchev–Trinajstić information content (AvgIpc) is 2.81. The van der Waals surface area contributed by atoms with E-state index < -0.39 is 0 Å². The molecule has 17 heavy (non-hydrogen) atoms. The lowest BCUT2D eigenvalue weighted by molar-refractivity contribution is 0.00302. The Labute approximate surface area is 106 Å². The summed E-state index contributed by atoms with van der Waals surface area (Å²) in [7, 11) is 0. The topological polar surface area (TPSA) is 38.5 Å². The Bertz CT molecular complexity index is 226. The predicted molar refractivity (Wildman–Crippen MR) is 71.0 cm³/mol. The van der Waals surface area contributed by atoms with Crippen LogP contribution >= 0.6 is 0 Å². The van der Waals surface area contributed by atoms with E-state index >= 15 is 0 Å². The molecule has 0 aromatic carbocycles. The lowest BCUT2D eigenvalue weighted by atomic mass is 9.90. The highest BCUT2D eigenvalue weighted by Gasteiger charge is 2.36. The van der Waals surface area contributed by atoms with Crippen molar-refractivity contribution in [3.63, 3.8) is 0 Å². The van der Waals surface area contributed by atoms with Gasteiger partial charge in [-0.1, -0.05) is 13.8 Å². The summed E-state index contributed by atoms with van der Waals surface area (Å²) < 4.78 is 5.64. The van der Waals surface area contributed by atoms with Crippen LogP contribution in [0.1, 0.15) is 39.5 Å². The molecule has 3 unspecified atom stereocenters. The highest BCUT2D eigenvalue weighted by molar-refractivity contribution is 4.90. The molecule has 0 spiro atoms. The molecule has 0 aromatic rings.